The summed E-state index contributed by atoms with van der Waals surface area (Å²) in [6.07, 6.45) is 11.0. The Morgan fingerprint density at radius 3 is 1.59 bits per heavy atom. The third-order valence-corrected chi connectivity index (χ3v) is 7.52. The third kappa shape index (κ3) is 11.3. The van der Waals surface area contributed by atoms with Crippen molar-refractivity contribution in [3.8, 4) is 0 Å². The molecule has 1 rings (SSSR count). The molecule has 0 saturated carbocycles. The van der Waals surface area contributed by atoms with Crippen LogP contribution in [0.1, 0.15) is 118 Å². The second kappa shape index (κ2) is 15.7. The van der Waals surface area contributed by atoms with E-state index in [1.54, 1.807) is 0 Å². The minimum atomic E-state index is -1.78. The maximum atomic E-state index is 10.5. The number of ether oxygens (including phenoxy) is 1. The fourth-order valence-corrected chi connectivity index (χ4v) is 5.01. The molecular weight excluding hydrogens is 404 g/mol. The van der Waals surface area contributed by atoms with Crippen molar-refractivity contribution in [3.05, 3.63) is 0 Å². The molecule has 0 aromatic carbocycles. The Kier molecular flexibility index (Phi) is 14.6. The van der Waals surface area contributed by atoms with Gasteiger partial charge in [0.1, 0.15) is 17.8 Å². The van der Waals surface area contributed by atoms with Crippen molar-refractivity contribution >= 4 is 0 Å². The Morgan fingerprint density at radius 2 is 1.12 bits per heavy atom. The summed E-state index contributed by atoms with van der Waals surface area (Å²) < 4.78 is 4.99. The highest BCUT2D eigenvalue weighted by Crippen LogP contribution is 2.31. The molecule has 3 unspecified atom stereocenters. The monoisotopic (exact) mass is 458 g/mol. The Labute approximate surface area is 198 Å². The molecule has 1 fully saturated rings. The SMILES string of the molecule is CC(C)CCCC(C)CCCC(C)CCCC(C)CCCC[C@]1(O)[C@@H](O)OC[C@@H](O)[C@@H]1O. The second-order valence-electron chi connectivity index (χ2n) is 11.4. The van der Waals surface area contributed by atoms with Gasteiger partial charge in [-0.05, 0) is 30.1 Å². The molecule has 32 heavy (non-hydrogen) atoms. The van der Waals surface area contributed by atoms with E-state index < -0.39 is 24.1 Å². The number of hydrogen-bond acceptors (Lipinski definition) is 5. The minimum Gasteiger partial charge on any atom is -0.388 e. The summed E-state index contributed by atoms with van der Waals surface area (Å²) in [6, 6.07) is 0. The van der Waals surface area contributed by atoms with Crippen LogP contribution in [0.3, 0.4) is 0 Å². The molecule has 0 spiro atoms. The van der Waals surface area contributed by atoms with Gasteiger partial charge in [0.05, 0.1) is 6.61 Å². The first-order valence-electron chi connectivity index (χ1n) is 13.4. The van der Waals surface area contributed by atoms with Gasteiger partial charge in [0.2, 0.25) is 0 Å². The average Bonchev–Trinajstić information content (AvgIpc) is 2.72. The fraction of sp³-hybridized carbons (Fsp3) is 1.00. The summed E-state index contributed by atoms with van der Waals surface area (Å²) in [6.45, 7) is 11.6. The number of aliphatic hydroxyl groups excluding tert-OH is 3. The van der Waals surface area contributed by atoms with Gasteiger partial charge in [-0.15, -0.1) is 0 Å². The Hall–Kier alpha value is -0.200. The van der Waals surface area contributed by atoms with E-state index >= 15 is 0 Å². The number of unbranched alkanes of at least 4 members (excludes halogenated alkanes) is 1. The van der Waals surface area contributed by atoms with Crippen molar-refractivity contribution in [1.29, 1.82) is 0 Å². The molecule has 0 aromatic heterocycles. The van der Waals surface area contributed by atoms with Gasteiger partial charge < -0.3 is 25.2 Å². The first-order chi connectivity index (χ1) is 15.1. The van der Waals surface area contributed by atoms with Crippen LogP contribution in [0.4, 0.5) is 0 Å². The quantitative estimate of drug-likeness (QED) is 0.218. The van der Waals surface area contributed by atoms with E-state index in [0.29, 0.717) is 12.3 Å². The highest BCUT2D eigenvalue weighted by molar-refractivity contribution is 4.96. The highest BCUT2D eigenvalue weighted by Gasteiger charge is 2.50. The largest absolute Gasteiger partial charge is 0.388 e. The van der Waals surface area contributed by atoms with Gasteiger partial charge in [-0.3, -0.25) is 0 Å². The zero-order valence-electron chi connectivity index (χ0n) is 21.6. The van der Waals surface area contributed by atoms with E-state index in [9.17, 15) is 20.4 Å². The zero-order chi connectivity index (χ0) is 24.1. The molecule has 5 heteroatoms. The Balaban J connectivity index is 2.07. The maximum Gasteiger partial charge on any atom is 0.186 e. The van der Waals surface area contributed by atoms with Crippen LogP contribution in [0.5, 0.6) is 0 Å². The molecule has 1 aliphatic rings. The van der Waals surface area contributed by atoms with Gasteiger partial charge >= 0.3 is 0 Å². The molecule has 0 aliphatic carbocycles. The van der Waals surface area contributed by atoms with Gasteiger partial charge in [0.25, 0.3) is 0 Å². The molecule has 1 aliphatic heterocycles. The summed E-state index contributed by atoms with van der Waals surface area (Å²) in [5.74, 6) is 3.14. The summed E-state index contributed by atoms with van der Waals surface area (Å²) in [7, 11) is 0. The van der Waals surface area contributed by atoms with Gasteiger partial charge in [-0.25, -0.2) is 0 Å². The van der Waals surface area contributed by atoms with Crippen molar-refractivity contribution in [1.82, 2.24) is 0 Å². The summed E-state index contributed by atoms with van der Waals surface area (Å²) in [5, 5.41) is 40.2. The lowest BCUT2D eigenvalue weighted by Crippen LogP contribution is -2.62. The number of hydrogen-bond donors (Lipinski definition) is 4. The third-order valence-electron chi connectivity index (χ3n) is 7.52. The molecule has 5 nitrogen and oxygen atoms in total. The van der Waals surface area contributed by atoms with Crippen molar-refractivity contribution in [3.63, 3.8) is 0 Å². The van der Waals surface area contributed by atoms with Gasteiger partial charge in [-0.2, -0.15) is 0 Å². The van der Waals surface area contributed by atoms with Crippen molar-refractivity contribution in [2.24, 2.45) is 23.7 Å². The molecular formula is C27H54O5. The van der Waals surface area contributed by atoms with Crippen LogP contribution in [0.25, 0.3) is 0 Å². The first-order valence-corrected chi connectivity index (χ1v) is 13.4. The molecule has 1 heterocycles. The van der Waals surface area contributed by atoms with E-state index in [-0.39, 0.29) is 13.0 Å². The van der Waals surface area contributed by atoms with Gasteiger partial charge in [-0.1, -0.05) is 112 Å². The minimum absolute atomic E-state index is 0.155. The summed E-state index contributed by atoms with van der Waals surface area (Å²) in [5.41, 5.74) is -1.78. The number of aliphatic hydroxyl groups is 4. The second-order valence-corrected chi connectivity index (χ2v) is 11.4. The van der Waals surface area contributed by atoms with E-state index in [1.807, 2.05) is 0 Å². The molecule has 0 aromatic rings. The van der Waals surface area contributed by atoms with Crippen molar-refractivity contribution in [2.75, 3.05) is 6.61 Å². The average molecular weight is 459 g/mol. The van der Waals surface area contributed by atoms with Crippen LogP contribution in [0, 0.1) is 23.7 Å². The van der Waals surface area contributed by atoms with Crippen molar-refractivity contribution in [2.45, 2.75) is 142 Å². The fourth-order valence-electron chi connectivity index (χ4n) is 5.01. The summed E-state index contributed by atoms with van der Waals surface area (Å²) in [4.78, 5) is 0. The summed E-state index contributed by atoms with van der Waals surface area (Å²) >= 11 is 0. The van der Waals surface area contributed by atoms with E-state index in [0.717, 1.165) is 30.6 Å². The van der Waals surface area contributed by atoms with Crippen LogP contribution in [0.15, 0.2) is 0 Å². The van der Waals surface area contributed by atoms with E-state index in [2.05, 4.69) is 34.6 Å². The van der Waals surface area contributed by atoms with E-state index in [4.69, 9.17) is 4.74 Å². The van der Waals surface area contributed by atoms with Crippen molar-refractivity contribution < 1.29 is 25.2 Å². The first kappa shape index (κ1) is 29.8. The molecule has 7 atom stereocenters. The van der Waals surface area contributed by atoms with E-state index in [1.165, 1.54) is 57.8 Å². The molecule has 0 radical (unpaired) electrons. The van der Waals surface area contributed by atoms with Crippen LogP contribution in [-0.2, 0) is 4.74 Å². The predicted octanol–water partition coefficient (Wildman–Crippen LogP) is 5.42. The molecule has 0 bridgehead atoms. The van der Waals surface area contributed by atoms with Gasteiger partial charge in [0.15, 0.2) is 6.29 Å². The molecule has 0 amide bonds. The Bertz CT molecular complexity index is 471. The normalized spacial score (nSPS) is 29.2. The standard InChI is InChI=1S/C27H54O5/c1-20(2)11-8-13-22(4)15-10-17-23(5)16-9-14-21(3)12-6-7-18-27(31)25(29)24(28)19-32-26(27)30/h20-26,28-31H,6-19H2,1-5H3/t21?,22?,23?,24-,25+,26+,27-/m1/s1. The molecule has 192 valence electrons. The predicted molar refractivity (Wildman–Crippen MR) is 131 cm³/mol. The molecule has 1 saturated heterocycles. The lowest BCUT2D eigenvalue weighted by atomic mass is 9.84. The number of rotatable bonds is 17. The molecule has 4 N–H and O–H groups in total. The lowest BCUT2D eigenvalue weighted by Gasteiger charge is -2.43. The lowest BCUT2D eigenvalue weighted by molar-refractivity contribution is -0.304. The smallest absolute Gasteiger partial charge is 0.186 e. The maximum absolute atomic E-state index is 10.5. The topological polar surface area (TPSA) is 90.2 Å². The van der Waals surface area contributed by atoms with Crippen LogP contribution in [-0.4, -0.2) is 51.1 Å². The van der Waals surface area contributed by atoms with Crippen LogP contribution in [0.2, 0.25) is 0 Å². The zero-order valence-corrected chi connectivity index (χ0v) is 21.6. The van der Waals surface area contributed by atoms with Crippen LogP contribution >= 0.6 is 0 Å². The van der Waals surface area contributed by atoms with Gasteiger partial charge in [0, 0.05) is 0 Å². The Morgan fingerprint density at radius 1 is 0.688 bits per heavy atom. The van der Waals surface area contributed by atoms with Crippen LogP contribution < -0.4 is 0 Å². The highest BCUT2D eigenvalue weighted by atomic mass is 16.6.